The summed E-state index contributed by atoms with van der Waals surface area (Å²) in [5, 5.41) is 12.3. The Morgan fingerprint density at radius 2 is 1.91 bits per heavy atom. The number of aryl methyl sites for hydroxylation is 1. The Morgan fingerprint density at radius 3 is 2.56 bits per heavy atom. The van der Waals surface area contributed by atoms with Crippen LogP contribution in [0.15, 0.2) is 80.8 Å². The van der Waals surface area contributed by atoms with E-state index in [0.717, 1.165) is 5.69 Å². The Labute approximate surface area is 187 Å². The van der Waals surface area contributed by atoms with E-state index < -0.39 is 4.92 Å². The fourth-order valence-electron chi connectivity index (χ4n) is 3.23. The van der Waals surface area contributed by atoms with Crippen molar-refractivity contribution in [2.24, 2.45) is 19.1 Å². The molecular weight excluding hydrogens is 428 g/mol. The first-order valence-electron chi connectivity index (χ1n) is 9.68. The van der Waals surface area contributed by atoms with Gasteiger partial charge in [0.2, 0.25) is 0 Å². The summed E-state index contributed by atoms with van der Waals surface area (Å²) in [4.78, 5) is 33.2. The smallest absolute Gasteiger partial charge is 0.297 e. The summed E-state index contributed by atoms with van der Waals surface area (Å²) in [6.45, 7) is 1.81. The van der Waals surface area contributed by atoms with E-state index in [-0.39, 0.29) is 16.9 Å². The maximum Gasteiger partial charge on any atom is 0.297 e. The van der Waals surface area contributed by atoms with Gasteiger partial charge in [0.15, 0.2) is 10.8 Å². The SMILES string of the molecule is Cc1c(N=Cc2ccc(Sc3nccn3C)c([N+](=O)[O-])c2)c(=O)n(-c2ccccc2)n1C. The third-order valence-corrected chi connectivity index (χ3v) is 6.17. The van der Waals surface area contributed by atoms with Crippen LogP contribution in [0.2, 0.25) is 0 Å². The van der Waals surface area contributed by atoms with Crippen molar-refractivity contribution in [3.8, 4) is 5.69 Å². The van der Waals surface area contributed by atoms with Gasteiger partial charge in [-0.3, -0.25) is 19.6 Å². The molecular formula is C22H20N6O3S. The average molecular weight is 449 g/mol. The van der Waals surface area contributed by atoms with Crippen molar-refractivity contribution in [2.45, 2.75) is 17.0 Å². The second-order valence-corrected chi connectivity index (χ2v) is 8.08. The third kappa shape index (κ3) is 4.00. The zero-order valence-corrected chi connectivity index (χ0v) is 18.5. The first kappa shape index (κ1) is 21.3. The van der Waals surface area contributed by atoms with Gasteiger partial charge in [-0.25, -0.2) is 14.7 Å². The zero-order chi connectivity index (χ0) is 22.8. The Bertz CT molecular complexity index is 1380. The van der Waals surface area contributed by atoms with E-state index in [1.165, 1.54) is 28.7 Å². The van der Waals surface area contributed by atoms with Gasteiger partial charge in [-0.2, -0.15) is 0 Å². The molecule has 0 fully saturated rings. The first-order valence-corrected chi connectivity index (χ1v) is 10.5. The molecule has 32 heavy (non-hydrogen) atoms. The lowest BCUT2D eigenvalue weighted by Gasteiger charge is -2.07. The third-order valence-electron chi connectivity index (χ3n) is 5.02. The highest BCUT2D eigenvalue weighted by molar-refractivity contribution is 7.99. The van der Waals surface area contributed by atoms with Crippen LogP contribution >= 0.6 is 11.8 Å². The van der Waals surface area contributed by atoms with Crippen LogP contribution in [0.5, 0.6) is 0 Å². The minimum Gasteiger partial charge on any atom is -0.329 e. The molecule has 0 bridgehead atoms. The van der Waals surface area contributed by atoms with Crippen LogP contribution in [-0.4, -0.2) is 30.1 Å². The molecule has 4 aromatic rings. The van der Waals surface area contributed by atoms with Crippen LogP contribution in [0.3, 0.4) is 0 Å². The molecule has 0 aliphatic carbocycles. The number of aromatic nitrogens is 4. The highest BCUT2D eigenvalue weighted by Crippen LogP contribution is 2.34. The molecule has 2 heterocycles. The van der Waals surface area contributed by atoms with Gasteiger partial charge in [-0.15, -0.1) is 0 Å². The van der Waals surface area contributed by atoms with E-state index in [1.807, 2.05) is 44.3 Å². The van der Waals surface area contributed by atoms with Gasteiger partial charge in [0.1, 0.15) is 0 Å². The topological polar surface area (TPSA) is 100 Å². The molecule has 0 atom stereocenters. The number of imidazole rings is 1. The van der Waals surface area contributed by atoms with E-state index in [1.54, 1.807) is 40.8 Å². The monoisotopic (exact) mass is 448 g/mol. The van der Waals surface area contributed by atoms with Gasteiger partial charge in [0, 0.05) is 38.8 Å². The molecule has 0 aliphatic heterocycles. The Hall–Kier alpha value is -3.92. The fraction of sp³-hybridized carbons (Fsp3) is 0.136. The Morgan fingerprint density at radius 1 is 1.16 bits per heavy atom. The molecule has 2 aromatic carbocycles. The number of benzene rings is 2. The van der Waals surface area contributed by atoms with Crippen molar-refractivity contribution >= 4 is 29.4 Å². The summed E-state index contributed by atoms with van der Waals surface area (Å²) >= 11 is 1.22. The van der Waals surface area contributed by atoms with Gasteiger partial charge in [-0.1, -0.05) is 24.3 Å². The number of aliphatic imine (C=N–C) groups is 1. The summed E-state index contributed by atoms with van der Waals surface area (Å²) in [5.74, 6) is 0. The molecule has 0 N–H and O–H groups in total. The molecule has 0 radical (unpaired) electrons. The number of para-hydroxylation sites is 1. The number of nitrogens with zero attached hydrogens (tertiary/aromatic N) is 6. The van der Waals surface area contributed by atoms with E-state index in [9.17, 15) is 14.9 Å². The molecule has 9 nitrogen and oxygen atoms in total. The minimum atomic E-state index is -0.432. The molecule has 4 rings (SSSR count). The summed E-state index contributed by atoms with van der Waals surface area (Å²) in [7, 11) is 3.61. The standard InChI is InChI=1S/C22H20N6O3S/c1-15-20(21(29)27(26(15)3)17-7-5-4-6-8-17)24-14-16-9-10-19(18(13-16)28(30)31)32-22-23-11-12-25(22)2/h4-14H,1-3H3. The molecule has 162 valence electrons. The molecule has 0 unspecified atom stereocenters. The molecule has 0 saturated heterocycles. The normalized spacial score (nSPS) is 11.3. The molecule has 0 saturated carbocycles. The summed E-state index contributed by atoms with van der Waals surface area (Å²) in [5.41, 5.74) is 1.92. The lowest BCUT2D eigenvalue weighted by Crippen LogP contribution is -2.19. The van der Waals surface area contributed by atoms with Gasteiger partial charge in [0.25, 0.3) is 11.2 Å². The average Bonchev–Trinajstić information content (AvgIpc) is 3.28. The second kappa shape index (κ2) is 8.67. The van der Waals surface area contributed by atoms with Gasteiger partial charge in [0.05, 0.1) is 21.2 Å². The number of nitro benzene ring substituents is 1. The van der Waals surface area contributed by atoms with Crippen molar-refractivity contribution < 1.29 is 4.92 Å². The minimum absolute atomic E-state index is 0.0477. The van der Waals surface area contributed by atoms with Crippen LogP contribution in [0.1, 0.15) is 11.3 Å². The highest BCUT2D eigenvalue weighted by Gasteiger charge is 2.18. The molecule has 0 spiro atoms. The first-order chi connectivity index (χ1) is 15.4. The largest absolute Gasteiger partial charge is 0.329 e. The summed E-state index contributed by atoms with van der Waals surface area (Å²) in [6, 6.07) is 14.1. The molecule has 0 aliphatic rings. The Kier molecular flexibility index (Phi) is 5.78. The van der Waals surface area contributed by atoms with Crippen LogP contribution in [0, 0.1) is 17.0 Å². The van der Waals surface area contributed by atoms with Gasteiger partial charge >= 0.3 is 0 Å². The van der Waals surface area contributed by atoms with E-state index in [2.05, 4.69) is 9.98 Å². The summed E-state index contributed by atoms with van der Waals surface area (Å²) < 4.78 is 5.07. The molecule has 10 heteroatoms. The zero-order valence-electron chi connectivity index (χ0n) is 17.7. The van der Waals surface area contributed by atoms with Crippen molar-refractivity contribution in [1.29, 1.82) is 0 Å². The summed E-state index contributed by atoms with van der Waals surface area (Å²) in [6.07, 6.45) is 4.89. The molecule has 0 amide bonds. The predicted octanol–water partition coefficient (Wildman–Crippen LogP) is 4.03. The second-order valence-electron chi connectivity index (χ2n) is 7.08. The van der Waals surface area contributed by atoms with Crippen LogP contribution in [0.25, 0.3) is 5.69 Å². The van der Waals surface area contributed by atoms with Crippen LogP contribution < -0.4 is 5.56 Å². The van der Waals surface area contributed by atoms with E-state index >= 15 is 0 Å². The number of nitro groups is 1. The van der Waals surface area contributed by atoms with Crippen molar-refractivity contribution in [1.82, 2.24) is 18.9 Å². The van der Waals surface area contributed by atoms with Crippen molar-refractivity contribution in [3.05, 3.63) is 92.7 Å². The number of hydrogen-bond donors (Lipinski definition) is 0. The maximum absolute atomic E-state index is 13.0. The van der Waals surface area contributed by atoms with E-state index in [4.69, 9.17) is 0 Å². The van der Waals surface area contributed by atoms with Gasteiger partial charge < -0.3 is 4.57 Å². The number of hydrogen-bond acceptors (Lipinski definition) is 6. The van der Waals surface area contributed by atoms with E-state index in [0.29, 0.717) is 21.3 Å². The van der Waals surface area contributed by atoms with Crippen LogP contribution in [0.4, 0.5) is 11.4 Å². The van der Waals surface area contributed by atoms with Gasteiger partial charge in [-0.05, 0) is 42.4 Å². The Balaban J connectivity index is 1.68. The quantitative estimate of drug-likeness (QED) is 0.252. The fourth-order valence-corrected chi connectivity index (χ4v) is 4.12. The highest BCUT2D eigenvalue weighted by atomic mass is 32.2. The van der Waals surface area contributed by atoms with Crippen molar-refractivity contribution in [2.75, 3.05) is 0 Å². The lowest BCUT2D eigenvalue weighted by molar-refractivity contribution is -0.387. The number of rotatable bonds is 6. The van der Waals surface area contributed by atoms with Crippen molar-refractivity contribution in [3.63, 3.8) is 0 Å². The molecule has 2 aromatic heterocycles. The lowest BCUT2D eigenvalue weighted by atomic mass is 10.2. The van der Waals surface area contributed by atoms with Crippen LogP contribution in [-0.2, 0) is 14.1 Å². The predicted molar refractivity (Wildman–Crippen MR) is 123 cm³/mol. The maximum atomic E-state index is 13.0.